The SMILES string of the molecule is CC(C)(C)NC(=O)[C@@H](NC(=O)OC(C)(C)C)c1ccccc1. The highest BCUT2D eigenvalue weighted by atomic mass is 16.6. The van der Waals surface area contributed by atoms with E-state index in [1.807, 2.05) is 39.0 Å². The van der Waals surface area contributed by atoms with E-state index in [0.29, 0.717) is 5.56 Å². The average Bonchev–Trinajstić information content (AvgIpc) is 2.32. The van der Waals surface area contributed by atoms with E-state index < -0.39 is 17.7 Å². The molecule has 1 rings (SSSR count). The summed E-state index contributed by atoms with van der Waals surface area (Å²) in [5.41, 5.74) is -0.305. The van der Waals surface area contributed by atoms with Crippen molar-refractivity contribution in [3.8, 4) is 0 Å². The molecule has 1 aromatic rings. The Bertz CT molecular complexity index is 513. The third-order valence-electron chi connectivity index (χ3n) is 2.55. The van der Waals surface area contributed by atoms with Crippen LogP contribution in [0, 0.1) is 0 Å². The van der Waals surface area contributed by atoms with Crippen molar-refractivity contribution in [3.05, 3.63) is 35.9 Å². The van der Waals surface area contributed by atoms with Crippen LogP contribution in [-0.4, -0.2) is 23.1 Å². The first-order chi connectivity index (χ1) is 9.98. The van der Waals surface area contributed by atoms with Crippen LogP contribution < -0.4 is 10.6 Å². The van der Waals surface area contributed by atoms with Crippen LogP contribution in [0.1, 0.15) is 53.1 Å². The number of hydrogen-bond acceptors (Lipinski definition) is 3. The first kappa shape index (κ1) is 18.0. The van der Waals surface area contributed by atoms with Crippen molar-refractivity contribution < 1.29 is 14.3 Å². The molecular weight excluding hydrogens is 280 g/mol. The monoisotopic (exact) mass is 306 g/mol. The van der Waals surface area contributed by atoms with Gasteiger partial charge >= 0.3 is 6.09 Å². The molecule has 0 fully saturated rings. The number of hydrogen-bond donors (Lipinski definition) is 2. The minimum absolute atomic E-state index is 0.274. The molecule has 0 aliphatic heterocycles. The molecule has 0 aromatic heterocycles. The van der Waals surface area contributed by atoms with Gasteiger partial charge in [-0.2, -0.15) is 0 Å². The number of benzene rings is 1. The molecule has 22 heavy (non-hydrogen) atoms. The first-order valence-electron chi connectivity index (χ1n) is 7.34. The lowest BCUT2D eigenvalue weighted by Crippen LogP contribution is -2.48. The lowest BCUT2D eigenvalue weighted by molar-refractivity contribution is -0.124. The summed E-state index contributed by atoms with van der Waals surface area (Å²) in [6.45, 7) is 11.0. The number of carbonyl (C=O) groups excluding carboxylic acids is 2. The van der Waals surface area contributed by atoms with Gasteiger partial charge in [0.05, 0.1) is 0 Å². The molecule has 0 aliphatic carbocycles. The molecule has 0 bridgehead atoms. The Morgan fingerprint density at radius 3 is 2.00 bits per heavy atom. The fourth-order valence-corrected chi connectivity index (χ4v) is 1.81. The van der Waals surface area contributed by atoms with E-state index in [9.17, 15) is 9.59 Å². The highest BCUT2D eigenvalue weighted by molar-refractivity contribution is 5.87. The van der Waals surface area contributed by atoms with Gasteiger partial charge in [-0.15, -0.1) is 0 Å². The first-order valence-corrected chi connectivity index (χ1v) is 7.34. The van der Waals surface area contributed by atoms with Crippen LogP contribution in [0.5, 0.6) is 0 Å². The number of nitrogens with one attached hydrogen (secondary N) is 2. The predicted molar refractivity (Wildman–Crippen MR) is 86.4 cm³/mol. The number of carbonyl (C=O) groups is 2. The summed E-state index contributed by atoms with van der Waals surface area (Å²) in [6.07, 6.45) is -0.620. The third-order valence-corrected chi connectivity index (χ3v) is 2.55. The smallest absolute Gasteiger partial charge is 0.408 e. The normalized spacial score (nSPS) is 13.2. The van der Waals surface area contributed by atoms with Gasteiger partial charge in [-0.25, -0.2) is 4.79 Å². The van der Waals surface area contributed by atoms with E-state index in [4.69, 9.17) is 4.74 Å². The molecule has 5 nitrogen and oxygen atoms in total. The summed E-state index contributed by atoms with van der Waals surface area (Å²) >= 11 is 0. The van der Waals surface area contributed by atoms with Crippen molar-refractivity contribution in [1.82, 2.24) is 10.6 Å². The van der Waals surface area contributed by atoms with Gasteiger partial charge in [0.15, 0.2) is 0 Å². The maximum atomic E-state index is 12.5. The number of rotatable bonds is 3. The second-order valence-electron chi connectivity index (χ2n) is 7.23. The van der Waals surface area contributed by atoms with Gasteiger partial charge in [-0.1, -0.05) is 30.3 Å². The summed E-state index contributed by atoms with van der Waals surface area (Å²) in [5, 5.41) is 5.52. The van der Waals surface area contributed by atoms with E-state index in [1.54, 1.807) is 32.9 Å². The van der Waals surface area contributed by atoms with Crippen molar-refractivity contribution in [2.45, 2.75) is 58.7 Å². The maximum absolute atomic E-state index is 12.5. The number of amides is 2. The zero-order valence-corrected chi connectivity index (χ0v) is 14.2. The van der Waals surface area contributed by atoms with Gasteiger partial charge in [0.25, 0.3) is 0 Å². The molecule has 122 valence electrons. The second-order valence-corrected chi connectivity index (χ2v) is 7.23. The van der Waals surface area contributed by atoms with Gasteiger partial charge in [-0.3, -0.25) is 4.79 Å². The highest BCUT2D eigenvalue weighted by Crippen LogP contribution is 2.16. The van der Waals surface area contributed by atoms with Crippen LogP contribution >= 0.6 is 0 Å². The van der Waals surface area contributed by atoms with Crippen LogP contribution in [0.3, 0.4) is 0 Å². The highest BCUT2D eigenvalue weighted by Gasteiger charge is 2.27. The van der Waals surface area contributed by atoms with Crippen LogP contribution in [-0.2, 0) is 9.53 Å². The predicted octanol–water partition coefficient (Wildman–Crippen LogP) is 3.17. The van der Waals surface area contributed by atoms with E-state index >= 15 is 0 Å². The third kappa shape index (κ3) is 6.61. The Kier molecular flexibility index (Phi) is 5.58. The quantitative estimate of drug-likeness (QED) is 0.901. The summed E-state index contributed by atoms with van der Waals surface area (Å²) < 4.78 is 5.24. The largest absolute Gasteiger partial charge is 0.444 e. The molecule has 0 spiro atoms. The van der Waals surface area contributed by atoms with E-state index in [1.165, 1.54) is 0 Å². The Labute approximate surface area is 132 Å². The Morgan fingerprint density at radius 1 is 1.00 bits per heavy atom. The minimum Gasteiger partial charge on any atom is -0.444 e. The van der Waals surface area contributed by atoms with Gasteiger partial charge < -0.3 is 15.4 Å². The molecule has 1 atom stereocenters. The second kappa shape index (κ2) is 6.81. The molecule has 5 heteroatoms. The molecule has 2 amide bonds. The van der Waals surface area contributed by atoms with Crippen molar-refractivity contribution in [2.24, 2.45) is 0 Å². The van der Waals surface area contributed by atoms with Gasteiger partial charge in [0.2, 0.25) is 5.91 Å². The summed E-state index contributed by atoms with van der Waals surface area (Å²) in [4.78, 5) is 24.5. The van der Waals surface area contributed by atoms with Crippen LogP contribution in [0.25, 0.3) is 0 Å². The molecule has 0 aliphatic rings. The Morgan fingerprint density at radius 2 is 1.55 bits per heavy atom. The lowest BCUT2D eigenvalue weighted by atomic mass is 10.0. The summed E-state index contributed by atoms with van der Waals surface area (Å²) in [7, 11) is 0. The number of ether oxygens (including phenoxy) is 1. The van der Waals surface area contributed by atoms with E-state index in [2.05, 4.69) is 10.6 Å². The van der Waals surface area contributed by atoms with E-state index in [0.717, 1.165) is 0 Å². The zero-order valence-electron chi connectivity index (χ0n) is 14.2. The Balaban J connectivity index is 2.93. The van der Waals surface area contributed by atoms with Gasteiger partial charge in [0.1, 0.15) is 11.6 Å². The van der Waals surface area contributed by atoms with Gasteiger partial charge in [0, 0.05) is 5.54 Å². The van der Waals surface area contributed by atoms with Crippen LogP contribution in [0.2, 0.25) is 0 Å². The Hall–Kier alpha value is -2.04. The molecule has 0 unspecified atom stereocenters. The maximum Gasteiger partial charge on any atom is 0.408 e. The van der Waals surface area contributed by atoms with E-state index in [-0.39, 0.29) is 11.4 Å². The van der Waals surface area contributed by atoms with Crippen molar-refractivity contribution >= 4 is 12.0 Å². The van der Waals surface area contributed by atoms with Crippen molar-refractivity contribution in [3.63, 3.8) is 0 Å². The molecule has 0 heterocycles. The molecule has 0 saturated heterocycles. The molecular formula is C17H26N2O3. The fraction of sp³-hybridized carbons (Fsp3) is 0.529. The van der Waals surface area contributed by atoms with Gasteiger partial charge in [-0.05, 0) is 47.1 Å². The fourth-order valence-electron chi connectivity index (χ4n) is 1.81. The lowest BCUT2D eigenvalue weighted by Gasteiger charge is -2.27. The molecule has 0 saturated carbocycles. The summed E-state index contributed by atoms with van der Waals surface area (Å²) in [5.74, 6) is -0.274. The number of alkyl carbamates (subject to hydrolysis) is 1. The summed E-state index contributed by atoms with van der Waals surface area (Å²) in [6, 6.07) is 8.30. The molecule has 0 radical (unpaired) electrons. The average molecular weight is 306 g/mol. The van der Waals surface area contributed by atoms with Crippen molar-refractivity contribution in [1.29, 1.82) is 0 Å². The van der Waals surface area contributed by atoms with Crippen molar-refractivity contribution in [2.75, 3.05) is 0 Å². The standard InChI is InChI=1S/C17H26N2O3/c1-16(2,3)19-14(20)13(12-10-8-7-9-11-12)18-15(21)22-17(4,5)6/h7-11,13H,1-6H3,(H,18,21)(H,19,20)/t13-/m0/s1. The van der Waals surface area contributed by atoms with Crippen LogP contribution in [0.4, 0.5) is 4.79 Å². The molecule has 1 aromatic carbocycles. The molecule has 2 N–H and O–H groups in total. The topological polar surface area (TPSA) is 67.4 Å². The van der Waals surface area contributed by atoms with Crippen LogP contribution in [0.15, 0.2) is 30.3 Å². The zero-order chi connectivity index (χ0) is 17.0. The minimum atomic E-state index is -0.796.